The number of unbranched alkanes of at least 4 members (excludes halogenated alkanes) is 1. The Labute approximate surface area is 154 Å². The lowest BCUT2D eigenvalue weighted by molar-refractivity contribution is -0.139. The highest BCUT2D eigenvalue weighted by atomic mass is 31.2. The van der Waals surface area contributed by atoms with E-state index in [1.165, 1.54) is 0 Å². The van der Waals surface area contributed by atoms with Gasteiger partial charge in [0.25, 0.3) is 0 Å². The van der Waals surface area contributed by atoms with Crippen molar-refractivity contribution < 1.29 is 28.0 Å². The van der Waals surface area contributed by atoms with Gasteiger partial charge in [-0.25, -0.2) is 4.57 Å². The lowest BCUT2D eigenvalue weighted by Gasteiger charge is -2.17. The summed E-state index contributed by atoms with van der Waals surface area (Å²) in [7, 11) is -3.62. The van der Waals surface area contributed by atoms with Crippen molar-refractivity contribution in [3.63, 3.8) is 0 Å². The van der Waals surface area contributed by atoms with Crippen molar-refractivity contribution in [3.8, 4) is 5.75 Å². The third-order valence-corrected chi connectivity index (χ3v) is 5.10. The molecule has 26 heavy (non-hydrogen) atoms. The zero-order valence-electron chi connectivity index (χ0n) is 15.3. The molecule has 1 aromatic rings. The molecule has 0 unspecified atom stereocenters. The number of hydrogen-bond acceptors (Lipinski definition) is 7. The van der Waals surface area contributed by atoms with Crippen molar-refractivity contribution in [2.75, 3.05) is 19.8 Å². The molecule has 1 aromatic carbocycles. The zero-order valence-corrected chi connectivity index (χ0v) is 16.2. The van der Waals surface area contributed by atoms with E-state index < -0.39 is 19.8 Å². The van der Waals surface area contributed by atoms with Gasteiger partial charge in [-0.1, -0.05) is 18.6 Å². The Morgan fingerprint density at radius 1 is 1.19 bits per heavy atom. The largest absolute Gasteiger partial charge is 0.530 e. The number of aliphatic carboxylic acids is 1. The van der Waals surface area contributed by atoms with Crippen LogP contribution in [0.3, 0.4) is 0 Å². The molecular weight excluding hydrogens is 359 g/mol. The number of phosphoric acid groups is 1. The minimum Gasteiger partial charge on any atom is -0.480 e. The average molecular weight is 388 g/mol. The summed E-state index contributed by atoms with van der Waals surface area (Å²) in [5, 5.41) is 12.3. The summed E-state index contributed by atoms with van der Waals surface area (Å²) in [5.41, 5.74) is 6.31. The maximum Gasteiger partial charge on any atom is 0.530 e. The normalized spacial score (nSPS) is 12.7. The molecule has 4 N–H and O–H groups in total. The predicted octanol–water partition coefficient (Wildman–Crippen LogP) is 2.92. The van der Waals surface area contributed by atoms with Gasteiger partial charge in [0, 0.05) is 6.54 Å². The lowest BCUT2D eigenvalue weighted by atomic mass is 10.1. The molecule has 0 saturated carbocycles. The zero-order chi connectivity index (χ0) is 19.4. The van der Waals surface area contributed by atoms with E-state index >= 15 is 0 Å². The quantitative estimate of drug-likeness (QED) is 0.329. The van der Waals surface area contributed by atoms with Crippen LogP contribution >= 0.6 is 7.82 Å². The maximum absolute atomic E-state index is 12.3. The fraction of sp³-hybridized carbons (Fsp3) is 0.588. The first-order valence-corrected chi connectivity index (χ1v) is 10.2. The van der Waals surface area contributed by atoms with Gasteiger partial charge >= 0.3 is 13.8 Å². The van der Waals surface area contributed by atoms with E-state index in [1.807, 2.05) is 0 Å². The summed E-state index contributed by atoms with van der Waals surface area (Å²) in [4.78, 5) is 11.3. The monoisotopic (exact) mass is 388 g/mol. The number of rotatable bonds is 14. The number of benzene rings is 1. The van der Waals surface area contributed by atoms with Crippen LogP contribution < -0.4 is 15.6 Å². The van der Waals surface area contributed by atoms with Gasteiger partial charge in [0.2, 0.25) is 0 Å². The summed E-state index contributed by atoms with van der Waals surface area (Å²) >= 11 is 0. The minimum absolute atomic E-state index is 0.208. The summed E-state index contributed by atoms with van der Waals surface area (Å²) < 4.78 is 27.8. The number of nitrogens with two attached hydrogens (primary N) is 1. The van der Waals surface area contributed by atoms with Crippen LogP contribution in [-0.4, -0.2) is 36.9 Å². The molecule has 0 aromatic heterocycles. The molecule has 0 spiro atoms. The van der Waals surface area contributed by atoms with Crippen LogP contribution in [0.1, 0.15) is 38.7 Å². The molecular formula is C17H29N2O6P. The van der Waals surface area contributed by atoms with E-state index in [0.29, 0.717) is 25.3 Å². The number of carbonyl (C=O) groups is 1. The first kappa shape index (κ1) is 22.6. The second-order valence-corrected chi connectivity index (χ2v) is 7.17. The average Bonchev–Trinajstić information content (AvgIpc) is 2.59. The SMILES string of the molecule is CCOP(=O)(OCC)Oc1ccc(CN[C@@H](CCCCN)C(=O)O)cc1. The van der Waals surface area contributed by atoms with Crippen molar-refractivity contribution in [2.45, 2.75) is 45.7 Å². The van der Waals surface area contributed by atoms with Gasteiger partial charge < -0.3 is 20.7 Å². The number of hydrogen-bond donors (Lipinski definition) is 3. The van der Waals surface area contributed by atoms with Crippen LogP contribution in [0.25, 0.3) is 0 Å². The number of carboxylic acids is 1. The van der Waals surface area contributed by atoms with E-state index in [9.17, 15) is 14.5 Å². The second kappa shape index (κ2) is 12.0. The number of carboxylic acid groups (broad SMARTS) is 1. The summed E-state index contributed by atoms with van der Waals surface area (Å²) in [6, 6.07) is 6.21. The Kier molecular flexibility index (Phi) is 10.5. The van der Waals surface area contributed by atoms with Crippen molar-refractivity contribution >= 4 is 13.8 Å². The van der Waals surface area contributed by atoms with Crippen molar-refractivity contribution in [3.05, 3.63) is 29.8 Å². The second-order valence-electron chi connectivity index (χ2n) is 5.57. The van der Waals surface area contributed by atoms with Gasteiger partial charge in [0.1, 0.15) is 11.8 Å². The van der Waals surface area contributed by atoms with Gasteiger partial charge in [-0.15, -0.1) is 0 Å². The van der Waals surface area contributed by atoms with Gasteiger partial charge in [0.05, 0.1) is 13.2 Å². The molecule has 0 heterocycles. The summed E-state index contributed by atoms with van der Waals surface area (Å²) in [6.45, 7) is 4.78. The minimum atomic E-state index is -3.62. The fourth-order valence-corrected chi connectivity index (χ4v) is 3.44. The van der Waals surface area contributed by atoms with Gasteiger partial charge in [-0.2, -0.15) is 0 Å². The molecule has 0 fully saturated rings. The molecule has 0 saturated heterocycles. The molecule has 0 aliphatic rings. The van der Waals surface area contributed by atoms with Crippen LogP contribution in [0.15, 0.2) is 24.3 Å². The number of nitrogens with one attached hydrogen (secondary N) is 1. The highest BCUT2D eigenvalue weighted by Crippen LogP contribution is 2.49. The van der Waals surface area contributed by atoms with E-state index in [4.69, 9.17) is 19.3 Å². The van der Waals surface area contributed by atoms with Gasteiger partial charge in [-0.05, 0) is 50.9 Å². The first-order chi connectivity index (χ1) is 12.4. The van der Waals surface area contributed by atoms with Gasteiger partial charge in [0.15, 0.2) is 0 Å². The topological polar surface area (TPSA) is 120 Å². The van der Waals surface area contributed by atoms with Crippen LogP contribution in [-0.2, 0) is 25.0 Å². The summed E-state index contributed by atoms with van der Waals surface area (Å²) in [5.74, 6) is -0.520. The van der Waals surface area contributed by atoms with Crippen LogP contribution in [0.5, 0.6) is 5.75 Å². The predicted molar refractivity (Wildman–Crippen MR) is 99.1 cm³/mol. The Balaban J connectivity index is 2.60. The van der Waals surface area contributed by atoms with Crippen molar-refractivity contribution in [1.82, 2.24) is 5.32 Å². The number of phosphoric ester groups is 1. The van der Waals surface area contributed by atoms with Gasteiger partial charge in [-0.3, -0.25) is 13.8 Å². The van der Waals surface area contributed by atoms with Crippen molar-refractivity contribution in [2.24, 2.45) is 5.73 Å². The molecule has 1 atom stereocenters. The van der Waals surface area contributed by atoms with Crippen LogP contribution in [0.4, 0.5) is 0 Å². The van der Waals surface area contributed by atoms with E-state index in [0.717, 1.165) is 18.4 Å². The highest BCUT2D eigenvalue weighted by molar-refractivity contribution is 7.48. The smallest absolute Gasteiger partial charge is 0.480 e. The molecule has 8 nitrogen and oxygen atoms in total. The third kappa shape index (κ3) is 8.29. The maximum atomic E-state index is 12.3. The van der Waals surface area contributed by atoms with E-state index in [2.05, 4.69) is 5.32 Å². The lowest BCUT2D eigenvalue weighted by Crippen LogP contribution is -2.36. The van der Waals surface area contributed by atoms with E-state index in [-0.39, 0.29) is 13.2 Å². The molecule has 0 amide bonds. The molecule has 148 valence electrons. The van der Waals surface area contributed by atoms with Crippen LogP contribution in [0, 0.1) is 0 Å². The Morgan fingerprint density at radius 2 is 1.81 bits per heavy atom. The molecule has 0 radical (unpaired) electrons. The van der Waals surface area contributed by atoms with Crippen LogP contribution in [0.2, 0.25) is 0 Å². The Bertz CT molecular complexity index is 571. The van der Waals surface area contributed by atoms with E-state index in [1.54, 1.807) is 38.1 Å². The highest BCUT2D eigenvalue weighted by Gasteiger charge is 2.27. The molecule has 0 aliphatic heterocycles. The summed E-state index contributed by atoms with van der Waals surface area (Å²) in [6.07, 6.45) is 2.09. The molecule has 0 aliphatic carbocycles. The first-order valence-electron chi connectivity index (χ1n) is 8.78. The molecule has 9 heteroatoms. The fourth-order valence-electron chi connectivity index (χ4n) is 2.25. The third-order valence-electron chi connectivity index (χ3n) is 3.51. The standard InChI is InChI=1S/C17H29N2O6P/c1-3-23-26(22,24-4-2)25-15-10-8-14(9-11-15)13-19-16(17(20)21)7-5-6-12-18/h8-11,16,19H,3-7,12-13,18H2,1-2H3,(H,20,21)/t16-/m0/s1. The Hall–Kier alpha value is -1.44. The van der Waals surface area contributed by atoms with Crippen molar-refractivity contribution in [1.29, 1.82) is 0 Å². The molecule has 0 bridgehead atoms. The Morgan fingerprint density at radius 3 is 2.31 bits per heavy atom. The molecule has 1 rings (SSSR count).